The molecular weight excluding hydrogens is 447 g/mol. The Hall–Kier alpha value is -1.36. The highest BCUT2D eigenvalue weighted by Crippen LogP contribution is 2.07. The minimum atomic E-state index is 0. The fraction of sp³-hybridized carbons (Fsp3) is 0.706. The Morgan fingerprint density at radius 2 is 2.04 bits per heavy atom. The summed E-state index contributed by atoms with van der Waals surface area (Å²) in [5, 5.41) is 7.37. The Kier molecular flexibility index (Phi) is 9.92. The SMILES string of the molecule is CC(C)CNC(=NCC(=O)N(C)C)N1CCN(Cc2ccon2)CC1.I. The number of aromatic nitrogens is 1. The number of hydrogen-bond donors (Lipinski definition) is 1. The highest BCUT2D eigenvalue weighted by molar-refractivity contribution is 14.0. The second kappa shape index (κ2) is 11.4. The minimum Gasteiger partial charge on any atom is -0.364 e. The first-order valence-electron chi connectivity index (χ1n) is 8.80. The summed E-state index contributed by atoms with van der Waals surface area (Å²) in [5.74, 6) is 1.35. The first-order chi connectivity index (χ1) is 12.0. The zero-order valence-corrected chi connectivity index (χ0v) is 18.5. The summed E-state index contributed by atoms with van der Waals surface area (Å²) in [7, 11) is 3.50. The van der Waals surface area contributed by atoms with E-state index in [-0.39, 0.29) is 36.4 Å². The van der Waals surface area contributed by atoms with E-state index in [4.69, 9.17) is 4.52 Å². The first kappa shape index (κ1) is 22.7. The Morgan fingerprint density at radius 1 is 1.35 bits per heavy atom. The van der Waals surface area contributed by atoms with Crippen molar-refractivity contribution in [3.63, 3.8) is 0 Å². The quantitative estimate of drug-likeness (QED) is 0.375. The van der Waals surface area contributed by atoms with Crippen LogP contribution in [0.2, 0.25) is 0 Å². The Bertz CT molecular complexity index is 554. The summed E-state index contributed by atoms with van der Waals surface area (Å²) < 4.78 is 4.89. The number of hydrogen-bond acceptors (Lipinski definition) is 5. The lowest BCUT2D eigenvalue weighted by molar-refractivity contribution is -0.127. The van der Waals surface area contributed by atoms with Crippen molar-refractivity contribution in [3.8, 4) is 0 Å². The third kappa shape index (κ3) is 7.48. The van der Waals surface area contributed by atoms with Crippen LogP contribution in [0.15, 0.2) is 21.8 Å². The third-order valence-corrected chi connectivity index (χ3v) is 4.08. The number of carbonyl (C=O) groups is 1. The van der Waals surface area contributed by atoms with Gasteiger partial charge in [0.25, 0.3) is 0 Å². The van der Waals surface area contributed by atoms with E-state index in [1.54, 1.807) is 25.3 Å². The van der Waals surface area contributed by atoms with Crippen LogP contribution in [-0.4, -0.2) is 85.1 Å². The zero-order valence-electron chi connectivity index (χ0n) is 16.1. The molecule has 0 spiro atoms. The fourth-order valence-electron chi connectivity index (χ4n) is 2.51. The highest BCUT2D eigenvalue weighted by Gasteiger charge is 2.21. The Balaban J connectivity index is 0.00000338. The molecule has 0 aliphatic carbocycles. The van der Waals surface area contributed by atoms with E-state index in [1.807, 2.05) is 6.07 Å². The van der Waals surface area contributed by atoms with Gasteiger partial charge in [-0.1, -0.05) is 19.0 Å². The molecule has 1 N–H and O–H groups in total. The lowest BCUT2D eigenvalue weighted by Gasteiger charge is -2.36. The molecule has 2 heterocycles. The summed E-state index contributed by atoms with van der Waals surface area (Å²) in [4.78, 5) is 22.5. The number of nitrogens with zero attached hydrogens (tertiary/aromatic N) is 5. The number of aliphatic imine (C=N–C) groups is 1. The molecule has 1 saturated heterocycles. The molecule has 0 bridgehead atoms. The van der Waals surface area contributed by atoms with E-state index in [2.05, 4.69) is 39.1 Å². The van der Waals surface area contributed by atoms with Crippen molar-refractivity contribution in [2.24, 2.45) is 10.9 Å². The second-order valence-corrected chi connectivity index (χ2v) is 6.96. The van der Waals surface area contributed by atoms with Crippen molar-refractivity contribution in [2.75, 3.05) is 53.4 Å². The maximum Gasteiger partial charge on any atom is 0.243 e. The smallest absolute Gasteiger partial charge is 0.243 e. The lowest BCUT2D eigenvalue weighted by Crippen LogP contribution is -2.52. The predicted molar refractivity (Wildman–Crippen MR) is 113 cm³/mol. The molecule has 1 amide bonds. The molecule has 1 aromatic heterocycles. The molecule has 8 nitrogen and oxygen atoms in total. The van der Waals surface area contributed by atoms with Crippen molar-refractivity contribution in [2.45, 2.75) is 20.4 Å². The number of guanidine groups is 1. The van der Waals surface area contributed by atoms with E-state index < -0.39 is 0 Å². The van der Waals surface area contributed by atoms with E-state index in [0.717, 1.165) is 50.9 Å². The summed E-state index contributed by atoms with van der Waals surface area (Å²) >= 11 is 0. The van der Waals surface area contributed by atoms with Crippen LogP contribution in [0.4, 0.5) is 0 Å². The van der Waals surface area contributed by atoms with E-state index in [1.165, 1.54) is 0 Å². The molecule has 1 aromatic rings. The zero-order chi connectivity index (χ0) is 18.2. The predicted octanol–water partition coefficient (Wildman–Crippen LogP) is 1.10. The standard InChI is InChI=1S/C17H30N6O2.HI/c1-14(2)11-18-17(19-12-16(24)21(3)4)23-8-6-22(7-9-23)13-15-5-10-25-20-15;/h5,10,14H,6-9,11-13H2,1-4H3,(H,18,19);1H. The Morgan fingerprint density at radius 3 is 2.58 bits per heavy atom. The average molecular weight is 478 g/mol. The molecular formula is C17H31IN6O2. The number of halogens is 1. The molecule has 0 unspecified atom stereocenters. The number of likely N-dealkylation sites (N-methyl/N-ethyl adjacent to an activating group) is 1. The molecule has 1 aliphatic rings. The van der Waals surface area contributed by atoms with Crippen LogP contribution in [0.25, 0.3) is 0 Å². The molecule has 148 valence electrons. The number of carbonyl (C=O) groups excluding carboxylic acids is 1. The van der Waals surface area contributed by atoms with Gasteiger partial charge in [0.05, 0.1) is 5.69 Å². The average Bonchev–Trinajstić information content (AvgIpc) is 3.08. The molecule has 0 saturated carbocycles. The topological polar surface area (TPSA) is 77.2 Å². The van der Waals surface area contributed by atoms with Gasteiger partial charge in [-0.15, -0.1) is 24.0 Å². The minimum absolute atomic E-state index is 0. The number of rotatable bonds is 6. The lowest BCUT2D eigenvalue weighted by atomic mass is 10.2. The van der Waals surface area contributed by atoms with Crippen molar-refractivity contribution in [1.82, 2.24) is 25.2 Å². The van der Waals surface area contributed by atoms with Crippen LogP contribution in [0.3, 0.4) is 0 Å². The van der Waals surface area contributed by atoms with Crippen molar-refractivity contribution in [1.29, 1.82) is 0 Å². The van der Waals surface area contributed by atoms with E-state index in [9.17, 15) is 4.79 Å². The molecule has 1 fully saturated rings. The van der Waals surface area contributed by atoms with Crippen molar-refractivity contribution >= 4 is 35.8 Å². The summed E-state index contributed by atoms with van der Waals surface area (Å²) in [6.07, 6.45) is 1.61. The van der Waals surface area contributed by atoms with Crippen LogP contribution < -0.4 is 5.32 Å². The molecule has 0 atom stereocenters. The van der Waals surface area contributed by atoms with Crippen LogP contribution in [0.5, 0.6) is 0 Å². The number of nitrogens with one attached hydrogen (secondary N) is 1. The first-order valence-corrected chi connectivity index (χ1v) is 8.80. The van der Waals surface area contributed by atoms with E-state index >= 15 is 0 Å². The van der Waals surface area contributed by atoms with Crippen LogP contribution in [0.1, 0.15) is 19.5 Å². The van der Waals surface area contributed by atoms with Gasteiger partial charge in [-0.05, 0) is 5.92 Å². The molecule has 9 heteroatoms. The van der Waals surface area contributed by atoms with Gasteiger partial charge >= 0.3 is 0 Å². The van der Waals surface area contributed by atoms with Crippen molar-refractivity contribution < 1.29 is 9.32 Å². The molecule has 1 aliphatic heterocycles. The third-order valence-electron chi connectivity index (χ3n) is 4.08. The molecule has 0 aromatic carbocycles. The second-order valence-electron chi connectivity index (χ2n) is 6.96. The monoisotopic (exact) mass is 478 g/mol. The maximum absolute atomic E-state index is 11.8. The Labute approximate surface area is 173 Å². The molecule has 26 heavy (non-hydrogen) atoms. The van der Waals surface area contributed by atoms with Gasteiger partial charge in [-0.3, -0.25) is 9.69 Å². The van der Waals surface area contributed by atoms with Crippen LogP contribution in [-0.2, 0) is 11.3 Å². The van der Waals surface area contributed by atoms with Crippen LogP contribution >= 0.6 is 24.0 Å². The van der Waals surface area contributed by atoms with Crippen molar-refractivity contribution in [3.05, 3.63) is 18.0 Å². The van der Waals surface area contributed by atoms with Gasteiger partial charge in [0, 0.05) is 59.4 Å². The maximum atomic E-state index is 11.8. The number of amides is 1. The molecule has 2 rings (SSSR count). The van der Waals surface area contributed by atoms with E-state index in [0.29, 0.717) is 5.92 Å². The largest absolute Gasteiger partial charge is 0.364 e. The van der Waals surface area contributed by atoms with Gasteiger partial charge in [0.1, 0.15) is 12.8 Å². The summed E-state index contributed by atoms with van der Waals surface area (Å²) in [6, 6.07) is 1.90. The van der Waals surface area contributed by atoms with Gasteiger partial charge in [0.15, 0.2) is 5.96 Å². The summed E-state index contributed by atoms with van der Waals surface area (Å²) in [6.45, 7) is 9.73. The highest BCUT2D eigenvalue weighted by atomic mass is 127. The summed E-state index contributed by atoms with van der Waals surface area (Å²) in [5.41, 5.74) is 0.955. The normalized spacial score (nSPS) is 15.7. The molecule has 0 radical (unpaired) electrons. The van der Waals surface area contributed by atoms with Gasteiger partial charge < -0.3 is 19.6 Å². The fourth-order valence-corrected chi connectivity index (χ4v) is 2.51. The number of piperazine rings is 1. The van der Waals surface area contributed by atoms with Gasteiger partial charge in [0.2, 0.25) is 5.91 Å². The van der Waals surface area contributed by atoms with Gasteiger partial charge in [-0.2, -0.15) is 0 Å². The van der Waals surface area contributed by atoms with Crippen LogP contribution in [0, 0.1) is 5.92 Å². The van der Waals surface area contributed by atoms with Gasteiger partial charge in [-0.25, -0.2) is 4.99 Å².